The summed E-state index contributed by atoms with van der Waals surface area (Å²) in [4.78, 5) is 13.3. The Hall–Kier alpha value is -3.41. The van der Waals surface area contributed by atoms with Gasteiger partial charge in [0.1, 0.15) is 64.5 Å². The van der Waals surface area contributed by atoms with Crippen molar-refractivity contribution in [1.82, 2.24) is 0 Å². The molecule has 190 valence electrons. The molecular weight excluding hydrogens is 472 g/mol. The van der Waals surface area contributed by atoms with Crippen molar-refractivity contribution in [2.24, 2.45) is 0 Å². The second-order valence-corrected chi connectivity index (χ2v) is 9.37. The molecule has 3 aromatic rings. The van der Waals surface area contributed by atoms with Gasteiger partial charge in [-0.05, 0) is 43.7 Å². The summed E-state index contributed by atoms with van der Waals surface area (Å²) in [5.41, 5.74) is 0.280. The second kappa shape index (κ2) is 8.91. The fourth-order valence-corrected chi connectivity index (χ4v) is 4.32. The Morgan fingerprint density at radius 2 is 1.78 bits per heavy atom. The van der Waals surface area contributed by atoms with Gasteiger partial charge in [-0.2, -0.15) is 0 Å². The van der Waals surface area contributed by atoms with Crippen LogP contribution in [0, 0.1) is 0 Å². The number of hydrogen-bond donors (Lipinski definition) is 5. The summed E-state index contributed by atoms with van der Waals surface area (Å²) in [6.07, 6.45) is -2.23. The minimum Gasteiger partial charge on any atom is -0.506 e. The number of aromatic hydroxyl groups is 1. The number of phenolic OH excluding ortho intramolecular Hbond substituents is 1. The lowest BCUT2D eigenvalue weighted by atomic mass is 9.98. The number of ether oxygens (including phenoxy) is 3. The fraction of sp³-hybridized carbons (Fsp3) is 0.346. The first-order chi connectivity index (χ1) is 17.1. The van der Waals surface area contributed by atoms with Gasteiger partial charge in [0.2, 0.25) is 11.7 Å². The zero-order valence-electron chi connectivity index (χ0n) is 19.5. The van der Waals surface area contributed by atoms with Gasteiger partial charge in [-0.1, -0.05) is 12.1 Å². The fourth-order valence-electron chi connectivity index (χ4n) is 4.32. The molecule has 0 saturated carbocycles. The topological polar surface area (TPSA) is 159 Å². The molecule has 1 fully saturated rings. The molecule has 10 nitrogen and oxygen atoms in total. The molecule has 1 saturated heterocycles. The van der Waals surface area contributed by atoms with E-state index in [4.69, 9.17) is 18.6 Å². The average Bonchev–Trinajstić information content (AvgIpc) is 2.84. The molecular formula is C26H26O10. The van der Waals surface area contributed by atoms with Gasteiger partial charge in [0.05, 0.1) is 17.7 Å². The van der Waals surface area contributed by atoms with Crippen molar-refractivity contribution in [2.75, 3.05) is 6.61 Å². The Kier molecular flexibility index (Phi) is 6.01. The molecule has 36 heavy (non-hydrogen) atoms. The lowest BCUT2D eigenvalue weighted by Crippen LogP contribution is -2.60. The molecule has 2 aromatic carbocycles. The third kappa shape index (κ3) is 4.12. The first kappa shape index (κ1) is 24.3. The number of aliphatic hydroxyl groups is 4. The predicted molar refractivity (Wildman–Crippen MR) is 128 cm³/mol. The van der Waals surface area contributed by atoms with E-state index in [0.717, 1.165) is 0 Å². The van der Waals surface area contributed by atoms with Crippen LogP contribution in [-0.2, 0) is 4.74 Å². The minimum absolute atomic E-state index is 0.0286. The van der Waals surface area contributed by atoms with E-state index in [9.17, 15) is 30.3 Å². The number of hydrogen-bond acceptors (Lipinski definition) is 10. The Morgan fingerprint density at radius 1 is 1.06 bits per heavy atom. The molecule has 3 heterocycles. The lowest BCUT2D eigenvalue weighted by Gasteiger charge is -2.39. The third-order valence-corrected chi connectivity index (χ3v) is 6.33. The number of fused-ring (bicyclic) bond motifs is 2. The molecule has 5 rings (SSSR count). The van der Waals surface area contributed by atoms with Crippen LogP contribution in [0.5, 0.6) is 17.2 Å². The molecule has 0 amide bonds. The van der Waals surface area contributed by atoms with Crippen LogP contribution < -0.4 is 14.9 Å². The largest absolute Gasteiger partial charge is 0.506 e. The monoisotopic (exact) mass is 498 g/mol. The quantitative estimate of drug-likeness (QED) is 0.357. The van der Waals surface area contributed by atoms with Crippen LogP contribution in [0.4, 0.5) is 0 Å². The van der Waals surface area contributed by atoms with Crippen LogP contribution in [0.15, 0.2) is 51.9 Å². The van der Waals surface area contributed by atoms with E-state index in [1.54, 1.807) is 30.4 Å². The molecule has 5 N–H and O–H groups in total. The van der Waals surface area contributed by atoms with Crippen LogP contribution in [0.2, 0.25) is 0 Å². The Balaban J connectivity index is 1.44. The van der Waals surface area contributed by atoms with Gasteiger partial charge in [0, 0.05) is 6.07 Å². The SMILES string of the molecule is CC1(C)C=Cc2c(cc3occ(-c4ccc(O[C@@H]5O[C@H](CO)[C@@H](O)[C@H](O)[C@H]5O)cc4)c(=O)c3c2O)O1. The zero-order chi connectivity index (χ0) is 25.8. The summed E-state index contributed by atoms with van der Waals surface area (Å²) in [7, 11) is 0. The average molecular weight is 498 g/mol. The number of aliphatic hydroxyl groups excluding tert-OH is 4. The first-order valence-electron chi connectivity index (χ1n) is 11.4. The number of rotatable bonds is 4. The number of phenols is 1. The van der Waals surface area contributed by atoms with E-state index < -0.39 is 48.3 Å². The summed E-state index contributed by atoms with van der Waals surface area (Å²) in [5.74, 6) is 0.431. The van der Waals surface area contributed by atoms with E-state index in [1.807, 2.05) is 13.8 Å². The molecule has 0 spiro atoms. The highest BCUT2D eigenvalue weighted by Crippen LogP contribution is 2.41. The normalized spacial score (nSPS) is 26.9. The Morgan fingerprint density at radius 3 is 2.47 bits per heavy atom. The van der Waals surface area contributed by atoms with Crippen LogP contribution in [-0.4, -0.2) is 68.4 Å². The van der Waals surface area contributed by atoms with Crippen molar-refractivity contribution in [3.63, 3.8) is 0 Å². The van der Waals surface area contributed by atoms with Gasteiger partial charge in [0.15, 0.2) is 0 Å². The standard InChI is InChI=1S/C26H26O10/c1-26(2)8-7-14-16(36-26)9-17-19(20(14)28)21(29)15(11-33-17)12-3-5-13(6-4-12)34-25-24(32)23(31)22(30)18(10-27)35-25/h3-9,11,18,22-25,27-28,30-32H,10H2,1-2H3/t18-,22-,23+,24-,25-/m1/s1. The first-order valence-corrected chi connectivity index (χ1v) is 11.4. The highest BCUT2D eigenvalue weighted by atomic mass is 16.7. The van der Waals surface area contributed by atoms with Crippen molar-refractivity contribution in [3.05, 3.63) is 58.5 Å². The second-order valence-electron chi connectivity index (χ2n) is 9.37. The molecule has 2 aliphatic rings. The summed E-state index contributed by atoms with van der Waals surface area (Å²) in [6, 6.07) is 7.78. The van der Waals surface area contributed by atoms with E-state index >= 15 is 0 Å². The molecule has 10 heteroatoms. The van der Waals surface area contributed by atoms with Crippen molar-refractivity contribution < 1.29 is 44.2 Å². The lowest BCUT2D eigenvalue weighted by molar-refractivity contribution is -0.277. The smallest absolute Gasteiger partial charge is 0.229 e. The van der Waals surface area contributed by atoms with Crippen LogP contribution in [0.25, 0.3) is 28.2 Å². The summed E-state index contributed by atoms with van der Waals surface area (Å²) < 4.78 is 22.5. The van der Waals surface area contributed by atoms with Crippen molar-refractivity contribution in [1.29, 1.82) is 0 Å². The van der Waals surface area contributed by atoms with E-state index in [2.05, 4.69) is 0 Å². The third-order valence-electron chi connectivity index (χ3n) is 6.33. The van der Waals surface area contributed by atoms with E-state index in [-0.39, 0.29) is 28.0 Å². The van der Waals surface area contributed by atoms with Gasteiger partial charge in [-0.15, -0.1) is 0 Å². The maximum Gasteiger partial charge on any atom is 0.229 e. The molecule has 0 radical (unpaired) electrons. The molecule has 0 bridgehead atoms. The number of benzene rings is 2. The predicted octanol–water partition coefficient (Wildman–Crippen LogP) is 1.53. The van der Waals surface area contributed by atoms with Gasteiger partial charge in [-0.3, -0.25) is 4.79 Å². The zero-order valence-corrected chi connectivity index (χ0v) is 19.5. The van der Waals surface area contributed by atoms with Gasteiger partial charge < -0.3 is 44.2 Å². The van der Waals surface area contributed by atoms with Gasteiger partial charge in [0.25, 0.3) is 0 Å². The highest BCUT2D eigenvalue weighted by molar-refractivity contribution is 5.93. The van der Waals surface area contributed by atoms with E-state index in [0.29, 0.717) is 16.9 Å². The van der Waals surface area contributed by atoms with E-state index in [1.165, 1.54) is 18.4 Å². The molecule has 0 unspecified atom stereocenters. The molecule has 5 atom stereocenters. The van der Waals surface area contributed by atoms with Crippen LogP contribution >= 0.6 is 0 Å². The summed E-state index contributed by atoms with van der Waals surface area (Å²) >= 11 is 0. The van der Waals surface area contributed by atoms with Crippen LogP contribution in [0.1, 0.15) is 19.4 Å². The van der Waals surface area contributed by atoms with Crippen LogP contribution in [0.3, 0.4) is 0 Å². The highest BCUT2D eigenvalue weighted by Gasteiger charge is 2.44. The minimum atomic E-state index is -1.56. The van der Waals surface area contributed by atoms with Crippen molar-refractivity contribution in [2.45, 2.75) is 50.2 Å². The Labute approximate surface area is 205 Å². The molecule has 0 aliphatic carbocycles. The Bertz CT molecular complexity index is 1370. The summed E-state index contributed by atoms with van der Waals surface area (Å²) in [5, 5.41) is 50.2. The van der Waals surface area contributed by atoms with Crippen molar-refractivity contribution in [3.8, 4) is 28.4 Å². The summed E-state index contributed by atoms with van der Waals surface area (Å²) in [6.45, 7) is 3.17. The maximum atomic E-state index is 13.3. The van der Waals surface area contributed by atoms with Crippen molar-refractivity contribution >= 4 is 17.0 Å². The molecule has 2 aliphatic heterocycles. The van der Waals surface area contributed by atoms with Gasteiger partial charge >= 0.3 is 0 Å². The molecule has 1 aromatic heterocycles. The van der Waals surface area contributed by atoms with Gasteiger partial charge in [-0.25, -0.2) is 0 Å². The maximum absolute atomic E-state index is 13.3.